The number of benzene rings is 2. The van der Waals surface area contributed by atoms with E-state index in [4.69, 9.17) is 16.1 Å². The molecule has 0 spiro atoms. The van der Waals surface area contributed by atoms with E-state index in [2.05, 4.69) is 0 Å². The SMILES string of the molecule is O=[N+]([O-])c1ccc(OP(=O)(O)CNS(=O)(=O)c2ccc(Cl)c([N+](=O)[O-])c2)cc1.[H-].[Na+]. The van der Waals surface area contributed by atoms with E-state index < -0.39 is 44.3 Å². The summed E-state index contributed by atoms with van der Waals surface area (Å²) in [6, 6.07) is 6.89. The van der Waals surface area contributed by atoms with E-state index in [1.807, 2.05) is 4.72 Å². The molecule has 0 aliphatic carbocycles. The van der Waals surface area contributed by atoms with Gasteiger partial charge < -0.3 is 10.8 Å². The molecule has 0 heterocycles. The number of non-ortho nitro benzene ring substituents is 1. The molecule has 0 radical (unpaired) electrons. The van der Waals surface area contributed by atoms with Gasteiger partial charge in [0.25, 0.3) is 11.4 Å². The number of rotatable bonds is 8. The second kappa shape index (κ2) is 9.96. The number of nitrogens with zero attached hydrogens (tertiary/aromatic N) is 2. The van der Waals surface area contributed by atoms with E-state index in [-0.39, 0.29) is 47.4 Å². The molecule has 0 saturated heterocycles. The average Bonchev–Trinajstić information content (AvgIpc) is 2.60. The summed E-state index contributed by atoms with van der Waals surface area (Å²) < 4.78 is 43.0. The Balaban J connectivity index is 0.00000420. The third kappa shape index (κ3) is 7.01. The summed E-state index contributed by atoms with van der Waals surface area (Å²) in [6.45, 7) is 0. The van der Waals surface area contributed by atoms with Gasteiger partial charge in [-0.2, -0.15) is 4.72 Å². The van der Waals surface area contributed by atoms with Crippen LogP contribution in [0.2, 0.25) is 5.02 Å². The molecule has 2 aromatic carbocycles. The van der Waals surface area contributed by atoms with Crippen LogP contribution in [0.5, 0.6) is 5.75 Å². The van der Waals surface area contributed by atoms with Gasteiger partial charge in [-0.05, 0) is 24.3 Å². The first-order valence-corrected chi connectivity index (χ1v) is 10.7. The quantitative estimate of drug-likeness (QED) is 0.226. The first-order valence-electron chi connectivity index (χ1n) is 7.11. The van der Waals surface area contributed by atoms with Crippen molar-refractivity contribution < 1.29 is 63.2 Å². The summed E-state index contributed by atoms with van der Waals surface area (Å²) >= 11 is 5.61. The fraction of sp³-hybridized carbons (Fsp3) is 0.0769. The number of hydrogen-bond acceptors (Lipinski definition) is 8. The van der Waals surface area contributed by atoms with Crippen LogP contribution in [-0.2, 0) is 14.6 Å². The zero-order valence-electron chi connectivity index (χ0n) is 15.6. The van der Waals surface area contributed by atoms with Gasteiger partial charge >= 0.3 is 37.2 Å². The molecule has 0 amide bonds. The topological polar surface area (TPSA) is 179 Å². The zero-order valence-corrected chi connectivity index (χ0v) is 19.1. The molecule has 1 unspecified atom stereocenters. The normalized spacial score (nSPS) is 13.0. The Morgan fingerprint density at radius 3 is 2.24 bits per heavy atom. The minimum absolute atomic E-state index is 0. The van der Waals surface area contributed by atoms with Crippen LogP contribution in [0, 0.1) is 20.2 Å². The van der Waals surface area contributed by atoms with Crippen molar-refractivity contribution in [2.75, 3.05) is 6.29 Å². The Kier molecular flexibility index (Phi) is 8.74. The molecule has 0 saturated carbocycles. The Morgan fingerprint density at radius 2 is 1.72 bits per heavy atom. The summed E-state index contributed by atoms with van der Waals surface area (Å²) in [5, 5.41) is 21.1. The molecule has 12 nitrogen and oxygen atoms in total. The summed E-state index contributed by atoms with van der Waals surface area (Å²) in [6.07, 6.45) is -1.05. The summed E-state index contributed by atoms with van der Waals surface area (Å²) in [5.74, 6) is -0.197. The number of nitrogens with one attached hydrogen (secondary N) is 1. The van der Waals surface area contributed by atoms with Crippen LogP contribution in [0.4, 0.5) is 11.4 Å². The minimum Gasteiger partial charge on any atom is -1.00 e. The van der Waals surface area contributed by atoms with E-state index in [1.165, 1.54) is 0 Å². The standard InChI is InChI=1S/C13H11ClN3O9PS.Na.H/c14-12-6-5-11(7-13(12)17(20)21)28(24,25)15-8-27(22,23)26-10-3-1-9(2-4-10)16(18)19;;/h1-7,15H,8H2,(H,22,23);;/q;+1;-1. The van der Waals surface area contributed by atoms with Crippen molar-refractivity contribution in [2.45, 2.75) is 4.90 Å². The van der Waals surface area contributed by atoms with E-state index >= 15 is 0 Å². The van der Waals surface area contributed by atoms with Crippen molar-refractivity contribution in [2.24, 2.45) is 0 Å². The van der Waals surface area contributed by atoms with Crippen molar-refractivity contribution >= 4 is 40.6 Å². The van der Waals surface area contributed by atoms with Crippen molar-refractivity contribution in [3.63, 3.8) is 0 Å². The molecule has 2 aromatic rings. The van der Waals surface area contributed by atoms with Crippen LogP contribution < -0.4 is 38.8 Å². The summed E-state index contributed by atoms with van der Waals surface area (Å²) in [5.41, 5.74) is -0.927. The fourth-order valence-electron chi connectivity index (χ4n) is 1.88. The molecule has 2 N–H and O–H groups in total. The van der Waals surface area contributed by atoms with Gasteiger partial charge in [0.1, 0.15) is 17.1 Å². The van der Waals surface area contributed by atoms with Gasteiger partial charge in [0.05, 0.1) is 14.7 Å². The molecule has 0 aliphatic heterocycles. The maximum Gasteiger partial charge on any atom is 1.00 e. The maximum absolute atomic E-state index is 12.2. The number of halogens is 1. The number of nitro benzene ring substituents is 2. The molecule has 16 heteroatoms. The zero-order chi connectivity index (χ0) is 21.1. The molecular formula is C13H12ClN3NaO9PS. The Morgan fingerprint density at radius 1 is 1.14 bits per heavy atom. The van der Waals surface area contributed by atoms with Crippen LogP contribution in [0.1, 0.15) is 1.43 Å². The number of nitro groups is 2. The van der Waals surface area contributed by atoms with Gasteiger partial charge in [-0.15, -0.1) is 0 Å². The predicted octanol–water partition coefficient (Wildman–Crippen LogP) is -0.227. The molecule has 1 atom stereocenters. The van der Waals surface area contributed by atoms with E-state index in [0.717, 1.165) is 36.4 Å². The molecule has 0 fully saturated rings. The summed E-state index contributed by atoms with van der Waals surface area (Å²) in [7, 11) is -8.92. The van der Waals surface area contributed by atoms with Crippen molar-refractivity contribution in [1.82, 2.24) is 4.72 Å². The Bertz CT molecular complexity index is 1090. The number of hydrogen-bond donors (Lipinski definition) is 2. The maximum atomic E-state index is 12.2. The van der Waals surface area contributed by atoms with Crippen LogP contribution in [0.3, 0.4) is 0 Å². The summed E-state index contributed by atoms with van der Waals surface area (Å²) in [4.78, 5) is 29.1. The molecule has 0 aliphatic rings. The van der Waals surface area contributed by atoms with Crippen molar-refractivity contribution in [1.29, 1.82) is 0 Å². The third-order valence-electron chi connectivity index (χ3n) is 3.17. The van der Waals surface area contributed by atoms with Crippen LogP contribution in [0.25, 0.3) is 0 Å². The number of sulfonamides is 1. The van der Waals surface area contributed by atoms with Crippen LogP contribution >= 0.6 is 19.2 Å². The van der Waals surface area contributed by atoms with Crippen molar-refractivity contribution in [3.8, 4) is 5.75 Å². The first-order chi connectivity index (χ1) is 12.9. The third-order valence-corrected chi connectivity index (χ3v) is 6.16. The molecule has 29 heavy (non-hydrogen) atoms. The van der Waals surface area contributed by atoms with Crippen LogP contribution in [-0.4, -0.2) is 29.4 Å². The van der Waals surface area contributed by atoms with Crippen LogP contribution in [0.15, 0.2) is 47.4 Å². The molecule has 2 rings (SSSR count). The fourth-order valence-corrected chi connectivity index (χ4v) is 4.59. The molecular weight excluding hydrogens is 464 g/mol. The second-order valence-corrected chi connectivity index (χ2v) is 9.10. The van der Waals surface area contributed by atoms with Gasteiger partial charge in [-0.1, -0.05) is 11.6 Å². The van der Waals surface area contributed by atoms with E-state index in [1.54, 1.807) is 0 Å². The van der Waals surface area contributed by atoms with E-state index in [9.17, 15) is 38.1 Å². The molecule has 152 valence electrons. The Labute approximate surface area is 192 Å². The van der Waals surface area contributed by atoms with Crippen molar-refractivity contribution in [3.05, 3.63) is 67.7 Å². The van der Waals surface area contributed by atoms with Gasteiger partial charge in [0, 0.05) is 18.2 Å². The average molecular weight is 476 g/mol. The monoisotopic (exact) mass is 475 g/mol. The van der Waals surface area contributed by atoms with Gasteiger partial charge in [-0.3, -0.25) is 20.2 Å². The molecule has 0 aromatic heterocycles. The van der Waals surface area contributed by atoms with Gasteiger partial charge in [0.15, 0.2) is 0 Å². The van der Waals surface area contributed by atoms with Gasteiger partial charge in [0.2, 0.25) is 10.0 Å². The smallest absolute Gasteiger partial charge is 1.00 e. The van der Waals surface area contributed by atoms with Gasteiger partial charge in [-0.25, -0.2) is 13.0 Å². The van der Waals surface area contributed by atoms with E-state index in [0.29, 0.717) is 6.07 Å². The predicted molar refractivity (Wildman–Crippen MR) is 98.0 cm³/mol. The minimum atomic E-state index is -4.53. The Hall–Kier alpha value is -1.57. The second-order valence-electron chi connectivity index (χ2n) is 5.16. The molecule has 0 bridgehead atoms. The largest absolute Gasteiger partial charge is 1.00 e. The first kappa shape index (κ1) is 25.5.